The molecule has 0 saturated carbocycles. The van der Waals surface area contributed by atoms with Gasteiger partial charge in [0.25, 0.3) is 0 Å². The number of phenols is 1. The maximum absolute atomic E-state index is 10.3. The quantitative estimate of drug-likeness (QED) is 0.670. The van der Waals surface area contributed by atoms with Gasteiger partial charge in [-0.2, -0.15) is 0 Å². The zero-order valence-corrected chi connectivity index (χ0v) is 9.19. The highest BCUT2D eigenvalue weighted by Crippen LogP contribution is 2.28. The van der Waals surface area contributed by atoms with Crippen LogP contribution in [-0.2, 0) is 0 Å². The molecule has 0 heterocycles. The van der Waals surface area contributed by atoms with Crippen LogP contribution in [0.3, 0.4) is 0 Å². The molecule has 1 rings (SSSR count). The summed E-state index contributed by atoms with van der Waals surface area (Å²) in [7, 11) is 0. The van der Waals surface area contributed by atoms with Gasteiger partial charge in [-0.25, -0.2) is 0 Å². The summed E-state index contributed by atoms with van der Waals surface area (Å²) >= 11 is 3.25. The average Bonchev–Trinajstić information content (AvgIpc) is 2.08. The molecular formula is C9H10BrNO3. The summed E-state index contributed by atoms with van der Waals surface area (Å²) in [5.41, 5.74) is 0.594. The van der Waals surface area contributed by atoms with Crippen LogP contribution in [-0.4, -0.2) is 16.6 Å². The fourth-order valence-electron chi connectivity index (χ4n) is 1.24. The third-order valence-electron chi connectivity index (χ3n) is 1.94. The summed E-state index contributed by atoms with van der Waals surface area (Å²) < 4.78 is 0.806. The molecule has 0 amide bonds. The molecule has 1 atom stereocenters. The zero-order valence-electron chi connectivity index (χ0n) is 7.61. The molecule has 14 heavy (non-hydrogen) atoms. The molecule has 4 nitrogen and oxygen atoms in total. The molecular weight excluding hydrogens is 250 g/mol. The minimum Gasteiger partial charge on any atom is -0.508 e. The highest BCUT2D eigenvalue weighted by Gasteiger charge is 2.15. The van der Waals surface area contributed by atoms with Crippen molar-refractivity contribution in [2.24, 2.45) is 0 Å². The van der Waals surface area contributed by atoms with Crippen LogP contribution in [0.4, 0.5) is 0 Å². The van der Waals surface area contributed by atoms with Crippen molar-refractivity contribution in [2.45, 2.75) is 12.8 Å². The number of aromatic hydroxyl groups is 1. The lowest BCUT2D eigenvalue weighted by Crippen LogP contribution is -2.09. The number of halogens is 1. The van der Waals surface area contributed by atoms with E-state index in [1.807, 2.05) is 0 Å². The molecule has 76 valence electrons. The van der Waals surface area contributed by atoms with E-state index in [4.69, 9.17) is 0 Å². The molecule has 0 aliphatic heterocycles. The second-order valence-electron chi connectivity index (χ2n) is 3.12. The number of rotatable bonds is 3. The number of nitro groups is 1. The van der Waals surface area contributed by atoms with Crippen molar-refractivity contribution in [3.63, 3.8) is 0 Å². The Balaban J connectivity index is 2.93. The van der Waals surface area contributed by atoms with Crippen molar-refractivity contribution in [3.8, 4) is 5.75 Å². The van der Waals surface area contributed by atoms with Crippen LogP contribution < -0.4 is 0 Å². The number of nitrogens with zero attached hydrogens (tertiary/aromatic N) is 1. The molecule has 0 spiro atoms. The molecule has 0 aromatic heterocycles. The Morgan fingerprint density at radius 3 is 2.86 bits per heavy atom. The molecule has 1 unspecified atom stereocenters. The first-order valence-electron chi connectivity index (χ1n) is 4.11. The minimum absolute atomic E-state index is 0.0996. The lowest BCUT2D eigenvalue weighted by molar-refractivity contribution is -0.482. The van der Waals surface area contributed by atoms with Crippen LogP contribution in [0, 0.1) is 10.1 Å². The number of hydrogen-bond donors (Lipinski definition) is 1. The smallest absolute Gasteiger partial charge is 0.210 e. The first kappa shape index (κ1) is 11.0. The van der Waals surface area contributed by atoms with Crippen molar-refractivity contribution in [1.82, 2.24) is 0 Å². The third kappa shape index (κ3) is 2.70. The molecule has 1 aromatic carbocycles. The Labute approximate surface area is 89.8 Å². The summed E-state index contributed by atoms with van der Waals surface area (Å²) in [5, 5.41) is 19.8. The van der Waals surface area contributed by atoms with E-state index < -0.39 is 0 Å². The Kier molecular flexibility index (Phi) is 3.46. The van der Waals surface area contributed by atoms with Crippen molar-refractivity contribution in [2.75, 3.05) is 6.54 Å². The molecule has 0 aliphatic rings. The Morgan fingerprint density at radius 2 is 2.29 bits per heavy atom. The van der Waals surface area contributed by atoms with Crippen molar-refractivity contribution in [1.29, 1.82) is 0 Å². The topological polar surface area (TPSA) is 63.4 Å². The predicted octanol–water partition coefficient (Wildman–Crippen LogP) is 2.53. The van der Waals surface area contributed by atoms with Crippen LogP contribution in [0.1, 0.15) is 18.4 Å². The van der Waals surface area contributed by atoms with Crippen molar-refractivity contribution < 1.29 is 10.0 Å². The molecule has 0 radical (unpaired) electrons. The maximum Gasteiger partial charge on any atom is 0.210 e. The largest absolute Gasteiger partial charge is 0.508 e. The lowest BCUT2D eigenvalue weighted by Gasteiger charge is -2.09. The van der Waals surface area contributed by atoms with Gasteiger partial charge in [-0.1, -0.05) is 22.9 Å². The van der Waals surface area contributed by atoms with E-state index in [1.165, 1.54) is 6.07 Å². The molecule has 0 saturated heterocycles. The third-order valence-corrected chi connectivity index (χ3v) is 2.44. The molecule has 0 aliphatic carbocycles. The van der Waals surface area contributed by atoms with E-state index in [2.05, 4.69) is 15.9 Å². The summed E-state index contributed by atoms with van der Waals surface area (Å²) in [6.45, 7) is 1.54. The molecule has 1 aromatic rings. The summed E-state index contributed by atoms with van der Waals surface area (Å²) in [6, 6.07) is 4.91. The van der Waals surface area contributed by atoms with Crippen molar-refractivity contribution >= 4 is 15.9 Å². The first-order chi connectivity index (χ1) is 6.50. The van der Waals surface area contributed by atoms with Crippen LogP contribution in [0.2, 0.25) is 0 Å². The molecule has 5 heteroatoms. The highest BCUT2D eigenvalue weighted by molar-refractivity contribution is 9.10. The lowest BCUT2D eigenvalue weighted by atomic mass is 10.0. The molecule has 0 bridgehead atoms. The first-order valence-corrected chi connectivity index (χ1v) is 4.90. The highest BCUT2D eigenvalue weighted by atomic mass is 79.9. The monoisotopic (exact) mass is 259 g/mol. The average molecular weight is 260 g/mol. The van der Waals surface area contributed by atoms with Gasteiger partial charge in [0.15, 0.2) is 0 Å². The van der Waals surface area contributed by atoms with Gasteiger partial charge in [0, 0.05) is 20.9 Å². The Hall–Kier alpha value is -1.10. The summed E-state index contributed by atoms with van der Waals surface area (Å²) in [4.78, 5) is 9.91. The number of phenolic OH excluding ortho intramolecular Hbond substituents is 1. The van der Waals surface area contributed by atoms with E-state index in [0.29, 0.717) is 5.56 Å². The van der Waals surface area contributed by atoms with Gasteiger partial charge in [-0.05, 0) is 18.2 Å². The van der Waals surface area contributed by atoms with Crippen LogP contribution in [0.25, 0.3) is 0 Å². The van der Waals surface area contributed by atoms with E-state index in [-0.39, 0.29) is 23.1 Å². The van der Waals surface area contributed by atoms with Gasteiger partial charge in [-0.15, -0.1) is 0 Å². The second kappa shape index (κ2) is 4.41. The summed E-state index contributed by atoms with van der Waals surface area (Å²) in [5.74, 6) is -0.190. The van der Waals surface area contributed by atoms with Crippen LogP contribution in [0.15, 0.2) is 22.7 Å². The normalized spacial score (nSPS) is 12.4. The number of benzene rings is 1. The molecule has 1 N–H and O–H groups in total. The fraction of sp³-hybridized carbons (Fsp3) is 0.333. The van der Waals surface area contributed by atoms with Gasteiger partial charge in [-0.3, -0.25) is 10.1 Å². The van der Waals surface area contributed by atoms with Gasteiger partial charge in [0.2, 0.25) is 6.54 Å². The van der Waals surface area contributed by atoms with Crippen LogP contribution in [0.5, 0.6) is 5.75 Å². The summed E-state index contributed by atoms with van der Waals surface area (Å²) in [6.07, 6.45) is 0. The second-order valence-corrected chi connectivity index (χ2v) is 4.04. The minimum atomic E-state index is -0.384. The Morgan fingerprint density at radius 1 is 1.64 bits per heavy atom. The standard InChI is InChI=1S/C9H10BrNO3/c1-6(5-11(13)14)8-4-7(10)2-3-9(8)12/h2-4,6,12H,5H2,1H3. The van der Waals surface area contributed by atoms with E-state index >= 15 is 0 Å². The van der Waals surface area contributed by atoms with Gasteiger partial charge < -0.3 is 5.11 Å². The Bertz CT molecular complexity index is 354. The molecule has 0 fully saturated rings. The number of hydrogen-bond acceptors (Lipinski definition) is 3. The SMILES string of the molecule is CC(C[N+](=O)[O-])c1cc(Br)ccc1O. The zero-order chi connectivity index (χ0) is 10.7. The maximum atomic E-state index is 10.3. The van der Waals surface area contributed by atoms with Gasteiger partial charge in [0.1, 0.15) is 5.75 Å². The van der Waals surface area contributed by atoms with E-state index in [9.17, 15) is 15.2 Å². The van der Waals surface area contributed by atoms with Gasteiger partial charge in [0.05, 0.1) is 0 Å². The van der Waals surface area contributed by atoms with Crippen LogP contribution >= 0.6 is 15.9 Å². The van der Waals surface area contributed by atoms with Crippen molar-refractivity contribution in [3.05, 3.63) is 38.3 Å². The van der Waals surface area contributed by atoms with E-state index in [1.54, 1.807) is 19.1 Å². The van der Waals surface area contributed by atoms with E-state index in [0.717, 1.165) is 4.47 Å². The van der Waals surface area contributed by atoms with Gasteiger partial charge >= 0.3 is 0 Å². The predicted molar refractivity (Wildman–Crippen MR) is 56.1 cm³/mol. The fourth-order valence-corrected chi connectivity index (χ4v) is 1.62.